The third kappa shape index (κ3) is 13.9. The van der Waals surface area contributed by atoms with E-state index in [2.05, 4.69) is 10.2 Å². The number of cyclic esters (lactones) is 1. The van der Waals surface area contributed by atoms with Gasteiger partial charge in [0.15, 0.2) is 6.10 Å². The fourth-order valence-electron chi connectivity index (χ4n) is 6.84. The Labute approximate surface area is 320 Å². The summed E-state index contributed by atoms with van der Waals surface area (Å²) in [6.45, 7) is 16.3. The summed E-state index contributed by atoms with van der Waals surface area (Å²) in [7, 11) is 1.90. The summed E-state index contributed by atoms with van der Waals surface area (Å²) >= 11 is 0. The molecule has 0 bridgehead atoms. The molecule has 0 aliphatic carbocycles. The lowest BCUT2D eigenvalue weighted by molar-refractivity contribution is -0.168. The van der Waals surface area contributed by atoms with Crippen molar-refractivity contribution in [3.05, 3.63) is 36.0 Å². The second-order valence-electron chi connectivity index (χ2n) is 15.0. The van der Waals surface area contributed by atoms with Crippen LogP contribution in [0.1, 0.15) is 96.9 Å². The number of epoxide rings is 1. The summed E-state index contributed by atoms with van der Waals surface area (Å²) in [5, 5.41) is 35.2. The number of allylic oxidation sites excluding steroid dienone is 2. The molecule has 3 aliphatic heterocycles. The topological polar surface area (TPSA) is 171 Å². The number of amides is 1. The van der Waals surface area contributed by atoms with E-state index in [0.717, 1.165) is 13.1 Å². The van der Waals surface area contributed by atoms with Crippen LogP contribution in [0, 0.1) is 11.8 Å². The number of carbonyl (C=O) groups is 3. The molecule has 0 aromatic carbocycles. The number of esters is 2. The van der Waals surface area contributed by atoms with Crippen molar-refractivity contribution in [2.24, 2.45) is 11.8 Å². The Bertz CT molecular complexity index is 1270. The molecule has 0 aromatic rings. The van der Waals surface area contributed by atoms with E-state index >= 15 is 0 Å². The maximum Gasteiger partial charge on any atom is 0.410 e. The van der Waals surface area contributed by atoms with E-state index in [1.165, 1.54) is 6.92 Å². The van der Waals surface area contributed by atoms with Gasteiger partial charge in [-0.15, -0.1) is 0 Å². The van der Waals surface area contributed by atoms with Crippen LogP contribution >= 0.6 is 0 Å². The molecule has 0 unspecified atom stereocenters. The first-order chi connectivity index (χ1) is 27.0. The van der Waals surface area contributed by atoms with Gasteiger partial charge in [-0.25, -0.2) is 4.79 Å². The van der Waals surface area contributed by atoms with Crippen molar-refractivity contribution >= 4 is 18.0 Å². The molecular formula is C39H73N3O10. The standard InChI is InChI=1S/C38H63N3O10.CH4.3H2/c1-9-30(44)27(4)35-31(48-35)24-37(6,47)15-10-11-25(2)34-26(3)12-13-32(49-36(46)41-21-19-40(20-22-41)18-17-39-8)38(7,51-28(5)42)16-14-29(43)23-33(45)50-34;;;;/h10-13,15,26-27,29-32,34-35,39,43-44,47H,9,14,16-24H2,1-8H3;1H4;3*1H/b13-12+,15-10+,25-11+;;;;/t26-,27+,29+,30-,31+,32-,34+,35+,37-,38+;;;;/m0..../s1/i;;3*1+1D. The molecule has 3 rings (SSSR count). The second kappa shape index (κ2) is 20.6. The summed E-state index contributed by atoms with van der Waals surface area (Å²) in [5.41, 5.74) is -1.81. The van der Waals surface area contributed by atoms with Gasteiger partial charge in [-0.2, -0.15) is 0 Å². The number of likely N-dealkylation sites (N-methyl/N-ethyl adjacent to an activating group) is 1. The Balaban J connectivity index is 0. The summed E-state index contributed by atoms with van der Waals surface area (Å²) in [6, 6.07) is 0. The van der Waals surface area contributed by atoms with Gasteiger partial charge in [0.05, 0.1) is 36.4 Å². The number of hydrogen-bond acceptors (Lipinski definition) is 12. The zero-order chi connectivity index (χ0) is 43.9. The quantitative estimate of drug-likeness (QED) is 0.0685. The molecule has 3 heterocycles. The van der Waals surface area contributed by atoms with Gasteiger partial charge in [0.25, 0.3) is 0 Å². The molecule has 13 nitrogen and oxygen atoms in total. The molecule has 2 saturated heterocycles. The third-order valence-corrected chi connectivity index (χ3v) is 10.3. The number of piperazine rings is 1. The number of aliphatic hydroxyl groups excluding tert-OH is 2. The predicted octanol–water partition coefficient (Wildman–Crippen LogP) is 4.49. The summed E-state index contributed by atoms with van der Waals surface area (Å²) in [4.78, 5) is 42.7. The Morgan fingerprint density at radius 2 is 1.92 bits per heavy atom. The van der Waals surface area contributed by atoms with Crippen LogP contribution < -0.4 is 5.32 Å². The van der Waals surface area contributed by atoms with E-state index in [4.69, 9.17) is 27.9 Å². The minimum Gasteiger partial charge on any atom is -0.457 e. The number of nitrogens with zero attached hydrogens (tertiary/aromatic N) is 2. The van der Waals surface area contributed by atoms with Crippen LogP contribution in [0.4, 0.5) is 4.79 Å². The molecule has 0 radical (unpaired) electrons. The second-order valence-corrected chi connectivity index (χ2v) is 15.0. The zero-order valence-corrected chi connectivity index (χ0v) is 31.9. The lowest BCUT2D eigenvalue weighted by Crippen LogP contribution is -2.52. The van der Waals surface area contributed by atoms with Crippen molar-refractivity contribution in [2.45, 2.75) is 136 Å². The minimum absolute atomic E-state index is 0. The van der Waals surface area contributed by atoms with Gasteiger partial charge in [0.1, 0.15) is 11.7 Å². The molecule has 2 fully saturated rings. The number of nitrogens with one attached hydrogen (secondary N) is 1. The van der Waals surface area contributed by atoms with E-state index < -0.39 is 59.6 Å². The van der Waals surface area contributed by atoms with E-state index in [1.54, 1.807) is 49.1 Å². The third-order valence-electron chi connectivity index (χ3n) is 10.3. The van der Waals surface area contributed by atoms with Gasteiger partial charge in [0, 0.05) is 73.4 Å². The average molecular weight is 750 g/mol. The normalized spacial score (nSPS) is 32.7. The number of carbonyl (C=O) groups excluding carboxylic acids is 3. The number of rotatable bonds is 13. The van der Waals surface area contributed by atoms with Crippen LogP contribution in [0.5, 0.6) is 0 Å². The van der Waals surface area contributed by atoms with Gasteiger partial charge in [-0.1, -0.05) is 52.5 Å². The molecule has 0 aromatic heterocycles. The SMILES string of the molecule is C.CC[C@H](O)[C@@H](C)[C@H]1O[C@@H]1C[C@@](C)(O)/C=C/C=C(\C)[C@H]1OC(=O)C[C@H](O)CC[C@@](C)(OC(C)=O)[C@@H](OC(=O)N2CCN(CCNC)CC2)/C=C/[C@@H]1C.[2H][2H].[2H][2H].[2H][2H]. The molecule has 0 spiro atoms. The fraction of sp³-hybridized carbons (Fsp3) is 0.769. The average Bonchev–Trinajstić information content (AvgIpc) is 3.95. The van der Waals surface area contributed by atoms with Crippen molar-refractivity contribution in [2.75, 3.05) is 46.3 Å². The van der Waals surface area contributed by atoms with E-state index in [0.29, 0.717) is 44.6 Å². The smallest absolute Gasteiger partial charge is 0.410 e. The first kappa shape index (κ1) is 40.4. The Morgan fingerprint density at radius 3 is 2.54 bits per heavy atom. The van der Waals surface area contributed by atoms with Crippen LogP contribution in [0.2, 0.25) is 0 Å². The fourth-order valence-corrected chi connectivity index (χ4v) is 6.84. The number of aliphatic hydroxyl groups is 3. The highest BCUT2D eigenvalue weighted by molar-refractivity contribution is 5.71. The molecule has 1 amide bonds. The van der Waals surface area contributed by atoms with Crippen LogP contribution in [-0.4, -0.2) is 137 Å². The summed E-state index contributed by atoms with van der Waals surface area (Å²) < 4.78 is 53.5. The molecule has 3 aliphatic rings. The Kier molecular flexibility index (Phi) is 16.0. The van der Waals surface area contributed by atoms with Crippen LogP contribution in [0.3, 0.4) is 0 Å². The first-order valence-corrected chi connectivity index (χ1v) is 18.5. The van der Waals surface area contributed by atoms with Crippen molar-refractivity contribution in [1.29, 1.82) is 0 Å². The van der Waals surface area contributed by atoms with E-state index in [9.17, 15) is 29.7 Å². The summed E-state index contributed by atoms with van der Waals surface area (Å²) in [6.07, 6.45) is 5.54. The molecule has 52 heavy (non-hydrogen) atoms. The van der Waals surface area contributed by atoms with Gasteiger partial charge in [-0.05, 0) is 58.7 Å². The van der Waals surface area contributed by atoms with Crippen molar-refractivity contribution in [1.82, 2.24) is 15.1 Å². The van der Waals surface area contributed by atoms with Crippen LogP contribution in [0.25, 0.3) is 0 Å². The highest BCUT2D eigenvalue weighted by Gasteiger charge is 2.47. The molecular weight excluding hydrogens is 670 g/mol. The lowest BCUT2D eigenvalue weighted by atomic mass is 9.88. The Hall–Kier alpha value is -2.81. The molecule has 304 valence electrons. The maximum atomic E-state index is 13.5. The molecule has 4 N–H and O–H groups in total. The number of hydrogen-bond donors (Lipinski definition) is 4. The van der Waals surface area contributed by atoms with Crippen LogP contribution in [-0.2, 0) is 28.5 Å². The van der Waals surface area contributed by atoms with Crippen molar-refractivity contribution in [3.8, 4) is 0 Å². The predicted molar refractivity (Wildman–Crippen MR) is 206 cm³/mol. The van der Waals surface area contributed by atoms with Gasteiger partial charge < -0.3 is 44.5 Å². The van der Waals surface area contributed by atoms with Gasteiger partial charge >= 0.3 is 18.0 Å². The Morgan fingerprint density at radius 1 is 1.25 bits per heavy atom. The first-order valence-electron chi connectivity index (χ1n) is 21.5. The summed E-state index contributed by atoms with van der Waals surface area (Å²) in [5.74, 6) is -1.58. The largest absolute Gasteiger partial charge is 0.457 e. The minimum atomic E-state index is -1.32. The highest BCUT2D eigenvalue weighted by atomic mass is 16.6. The molecule has 13 heteroatoms. The highest BCUT2D eigenvalue weighted by Crippen LogP contribution is 2.38. The van der Waals surface area contributed by atoms with Gasteiger partial charge in [0.2, 0.25) is 0 Å². The number of ether oxygens (including phenoxy) is 4. The maximum absolute atomic E-state index is 13.5. The molecule has 0 saturated carbocycles. The van der Waals surface area contributed by atoms with Crippen molar-refractivity contribution in [3.63, 3.8) is 0 Å². The molecule has 10 atom stereocenters. The van der Waals surface area contributed by atoms with E-state index in [1.807, 2.05) is 34.7 Å². The van der Waals surface area contributed by atoms with E-state index in [-0.39, 0.29) is 44.8 Å². The van der Waals surface area contributed by atoms with Crippen molar-refractivity contribution < 1.29 is 57.6 Å². The monoisotopic (exact) mass is 750 g/mol. The van der Waals surface area contributed by atoms with Gasteiger partial charge in [-0.3, -0.25) is 14.5 Å². The van der Waals surface area contributed by atoms with Crippen LogP contribution in [0.15, 0.2) is 36.0 Å². The zero-order valence-electron chi connectivity index (χ0n) is 37.9. The lowest BCUT2D eigenvalue weighted by Gasteiger charge is -2.39.